The van der Waals surface area contributed by atoms with Crippen molar-refractivity contribution < 1.29 is 28.7 Å². The van der Waals surface area contributed by atoms with Gasteiger partial charge in [-0.15, -0.1) is 0 Å². The number of fused-ring (bicyclic) bond motifs is 1. The molecule has 1 atom stereocenters. The van der Waals surface area contributed by atoms with Crippen LogP contribution in [-0.4, -0.2) is 18.0 Å². The van der Waals surface area contributed by atoms with Crippen molar-refractivity contribution in [3.63, 3.8) is 0 Å². The molecular weight excluding hydrogens is 363 g/mol. The Morgan fingerprint density at radius 3 is 2.50 bits per heavy atom. The molecule has 0 amide bonds. The van der Waals surface area contributed by atoms with Crippen LogP contribution in [0.15, 0.2) is 66.9 Å². The summed E-state index contributed by atoms with van der Waals surface area (Å²) in [6.07, 6.45) is 4.08. The van der Waals surface area contributed by atoms with Gasteiger partial charge >= 0.3 is 0 Å². The first-order valence-corrected chi connectivity index (χ1v) is 6.35. The van der Waals surface area contributed by atoms with Crippen molar-refractivity contribution in [2.24, 2.45) is 0 Å². The van der Waals surface area contributed by atoms with E-state index in [0.717, 1.165) is 11.4 Å². The summed E-state index contributed by atoms with van der Waals surface area (Å²) in [6, 6.07) is 18.3. The number of hydrogen-bond donors (Lipinski definition) is 1. The minimum atomic E-state index is 0. The highest BCUT2D eigenvalue weighted by molar-refractivity contribution is 5.61. The average Bonchev–Trinajstić information content (AvgIpc) is 2.78. The van der Waals surface area contributed by atoms with Gasteiger partial charge in [-0.1, -0.05) is 30.3 Å². The van der Waals surface area contributed by atoms with E-state index in [1.165, 1.54) is 5.69 Å². The van der Waals surface area contributed by atoms with E-state index in [0.29, 0.717) is 0 Å². The Hall–Kier alpha value is -1.69. The van der Waals surface area contributed by atoms with Gasteiger partial charge in [-0.05, 0) is 18.2 Å². The SMILES string of the molecule is CN1c2ccccc2[OH+]C1/C=C/Nc1ccccc1.[I-]. The van der Waals surface area contributed by atoms with Crippen LogP contribution in [0.25, 0.3) is 0 Å². The predicted molar refractivity (Wildman–Crippen MR) is 79.5 cm³/mol. The van der Waals surface area contributed by atoms with Crippen molar-refractivity contribution in [1.82, 2.24) is 0 Å². The molecule has 0 aromatic heterocycles. The Morgan fingerprint density at radius 2 is 1.75 bits per heavy atom. The maximum atomic E-state index is 4.66. The molecule has 1 aliphatic heterocycles. The summed E-state index contributed by atoms with van der Waals surface area (Å²) in [5.74, 6) is 1.05. The second-order valence-electron chi connectivity index (χ2n) is 4.51. The third-order valence-electron chi connectivity index (χ3n) is 3.22. The molecule has 3 rings (SSSR count). The predicted octanol–water partition coefficient (Wildman–Crippen LogP) is 0.334. The summed E-state index contributed by atoms with van der Waals surface area (Å²) in [6.45, 7) is 0. The van der Waals surface area contributed by atoms with E-state index in [1.54, 1.807) is 0 Å². The molecule has 0 saturated carbocycles. The maximum absolute atomic E-state index is 4.66. The summed E-state index contributed by atoms with van der Waals surface area (Å²) in [5, 5.41) is 3.25. The number of ether oxygens (including phenoxy) is 1. The highest BCUT2D eigenvalue weighted by Crippen LogP contribution is 2.36. The largest absolute Gasteiger partial charge is 1.00 e. The number of para-hydroxylation sites is 3. The molecule has 0 fully saturated rings. The Bertz CT molecular complexity index is 586. The summed E-state index contributed by atoms with van der Waals surface area (Å²) in [7, 11) is 2.06. The van der Waals surface area contributed by atoms with Crippen LogP contribution in [0.5, 0.6) is 5.75 Å². The molecule has 1 aliphatic rings. The van der Waals surface area contributed by atoms with Gasteiger partial charge in [0.15, 0.2) is 0 Å². The highest BCUT2D eigenvalue weighted by Gasteiger charge is 2.30. The first-order chi connectivity index (χ1) is 9.34. The molecule has 20 heavy (non-hydrogen) atoms. The Balaban J connectivity index is 0.00000147. The molecule has 104 valence electrons. The zero-order valence-electron chi connectivity index (χ0n) is 11.2. The number of nitrogens with zero attached hydrogens (tertiary/aromatic N) is 1. The number of hydrogen-bond acceptors (Lipinski definition) is 2. The number of aliphatic hydroxyl groups is 1. The summed E-state index contributed by atoms with van der Waals surface area (Å²) in [4.78, 5) is 2.17. The van der Waals surface area contributed by atoms with E-state index in [4.69, 9.17) is 0 Å². The minimum absolute atomic E-state index is 0. The molecule has 1 heterocycles. The number of halogens is 1. The molecule has 4 heteroatoms. The molecule has 2 aromatic rings. The van der Waals surface area contributed by atoms with Gasteiger partial charge in [0.25, 0.3) is 12.0 Å². The van der Waals surface area contributed by atoms with Gasteiger partial charge in [-0.3, -0.25) is 4.90 Å². The van der Waals surface area contributed by atoms with Crippen LogP contribution in [0.4, 0.5) is 11.4 Å². The van der Waals surface area contributed by atoms with E-state index in [9.17, 15) is 0 Å². The van der Waals surface area contributed by atoms with E-state index in [-0.39, 0.29) is 30.2 Å². The molecule has 0 saturated heterocycles. The van der Waals surface area contributed by atoms with Crippen molar-refractivity contribution in [3.05, 3.63) is 66.9 Å². The van der Waals surface area contributed by atoms with Crippen LogP contribution in [-0.2, 0) is 0 Å². The number of anilines is 2. The van der Waals surface area contributed by atoms with Crippen LogP contribution >= 0.6 is 0 Å². The van der Waals surface area contributed by atoms with Crippen LogP contribution in [0.3, 0.4) is 0 Å². The van der Waals surface area contributed by atoms with Crippen molar-refractivity contribution >= 4 is 11.4 Å². The van der Waals surface area contributed by atoms with Crippen molar-refractivity contribution in [2.45, 2.75) is 6.23 Å². The van der Waals surface area contributed by atoms with Crippen LogP contribution in [0.2, 0.25) is 0 Å². The lowest BCUT2D eigenvalue weighted by Gasteiger charge is -2.13. The van der Waals surface area contributed by atoms with Gasteiger partial charge < -0.3 is 34.0 Å². The number of benzene rings is 2. The number of rotatable bonds is 3. The van der Waals surface area contributed by atoms with Gasteiger partial charge in [0.05, 0.1) is 0 Å². The third-order valence-corrected chi connectivity index (χ3v) is 3.22. The topological polar surface area (TPSA) is 28.1 Å². The average molecular weight is 380 g/mol. The fraction of sp³-hybridized carbons (Fsp3) is 0.125. The second-order valence-corrected chi connectivity index (χ2v) is 4.51. The van der Waals surface area contributed by atoms with Gasteiger partial charge in [0.2, 0.25) is 0 Å². The van der Waals surface area contributed by atoms with Crippen molar-refractivity contribution in [3.8, 4) is 5.75 Å². The van der Waals surface area contributed by atoms with Gasteiger partial charge in [0, 0.05) is 31.1 Å². The number of likely N-dealkylation sites (N-methyl/N-ethyl adjacent to an activating group) is 1. The Morgan fingerprint density at radius 1 is 1.05 bits per heavy atom. The van der Waals surface area contributed by atoms with Crippen LogP contribution in [0.1, 0.15) is 0 Å². The van der Waals surface area contributed by atoms with Crippen molar-refractivity contribution in [1.29, 1.82) is 0 Å². The molecule has 0 bridgehead atoms. The summed E-state index contributed by atoms with van der Waals surface area (Å²) < 4.78 is 4.66. The zero-order valence-corrected chi connectivity index (χ0v) is 13.4. The van der Waals surface area contributed by atoms with Gasteiger partial charge in [-0.2, -0.15) is 0 Å². The first-order valence-electron chi connectivity index (χ1n) is 6.35. The van der Waals surface area contributed by atoms with Gasteiger partial charge in [0.1, 0.15) is 5.69 Å². The standard InChI is InChI=1S/C16H16N2O.HI/c1-18-14-9-5-6-10-15(14)19-16(18)11-12-17-13-7-3-2-4-8-13;/h2-12,16-17H,1H3;1H/b12-11+;. The van der Waals surface area contributed by atoms with E-state index >= 15 is 0 Å². The van der Waals surface area contributed by atoms with Gasteiger partial charge in [-0.25, -0.2) is 0 Å². The first kappa shape index (κ1) is 14.7. The minimum Gasteiger partial charge on any atom is -1.00 e. The lowest BCUT2D eigenvalue weighted by atomic mass is 10.3. The number of aromatic hydroxyl groups is 1. The Labute approximate surface area is 136 Å². The molecule has 1 unspecified atom stereocenters. The zero-order chi connectivity index (χ0) is 13.1. The lowest BCUT2D eigenvalue weighted by Crippen LogP contribution is -3.00. The molecule has 0 spiro atoms. The van der Waals surface area contributed by atoms with E-state index in [1.807, 2.05) is 54.7 Å². The Kier molecular flexibility index (Phi) is 4.89. The third kappa shape index (κ3) is 3.07. The lowest BCUT2D eigenvalue weighted by molar-refractivity contribution is -0.00000880. The van der Waals surface area contributed by atoms with E-state index < -0.39 is 0 Å². The highest BCUT2D eigenvalue weighted by atomic mass is 127. The molecular formula is C16H17IN2O. The quantitative estimate of drug-likeness (QED) is 0.615. The fourth-order valence-electron chi connectivity index (χ4n) is 2.18. The summed E-state index contributed by atoms with van der Waals surface area (Å²) in [5.41, 5.74) is 2.26. The normalized spacial score (nSPS) is 16.4. The fourth-order valence-corrected chi connectivity index (χ4v) is 2.18. The van der Waals surface area contributed by atoms with Crippen LogP contribution in [0, 0.1) is 0 Å². The maximum Gasteiger partial charge on any atom is 0.286 e. The molecule has 0 aliphatic carbocycles. The monoisotopic (exact) mass is 380 g/mol. The van der Waals surface area contributed by atoms with Crippen molar-refractivity contribution in [2.75, 3.05) is 17.3 Å². The molecule has 3 nitrogen and oxygen atoms in total. The molecule has 0 radical (unpaired) electrons. The molecule has 2 aromatic carbocycles. The second kappa shape index (κ2) is 6.65. The van der Waals surface area contributed by atoms with Crippen LogP contribution < -0.4 is 34.2 Å². The molecule has 2 N–H and O–H groups in total. The van der Waals surface area contributed by atoms with E-state index in [2.05, 4.69) is 34.1 Å². The smallest absolute Gasteiger partial charge is 0.286 e. The number of nitrogens with one attached hydrogen (secondary N) is 1. The summed E-state index contributed by atoms with van der Waals surface area (Å²) >= 11 is 0.